The summed E-state index contributed by atoms with van der Waals surface area (Å²) in [4.78, 5) is 17.0. The van der Waals surface area contributed by atoms with Crippen molar-refractivity contribution in [1.82, 2.24) is 14.6 Å². The highest BCUT2D eigenvalue weighted by Crippen LogP contribution is 2.42. The molecule has 0 aliphatic heterocycles. The predicted octanol–water partition coefficient (Wildman–Crippen LogP) is 2.41. The van der Waals surface area contributed by atoms with Crippen LogP contribution >= 0.6 is 23.1 Å². The van der Waals surface area contributed by atoms with Gasteiger partial charge in [-0.1, -0.05) is 24.7 Å². The second kappa shape index (κ2) is 5.37. The second-order valence-electron chi connectivity index (χ2n) is 5.14. The van der Waals surface area contributed by atoms with Crippen LogP contribution in [0.2, 0.25) is 0 Å². The van der Waals surface area contributed by atoms with E-state index in [-0.39, 0.29) is 5.56 Å². The lowest BCUT2D eigenvalue weighted by atomic mass is 9.84. The molecule has 0 spiro atoms. The molecular weight excluding hydrogens is 292 g/mol. The SMILES string of the molecule is CCc1cc(=O)n2nc(NCC3(SC)CCC3)sc2n1. The van der Waals surface area contributed by atoms with E-state index in [9.17, 15) is 4.79 Å². The summed E-state index contributed by atoms with van der Waals surface area (Å²) in [6.45, 7) is 2.90. The van der Waals surface area contributed by atoms with Crippen molar-refractivity contribution in [2.24, 2.45) is 0 Å². The van der Waals surface area contributed by atoms with E-state index in [1.807, 2.05) is 18.7 Å². The Morgan fingerprint density at radius 2 is 2.35 bits per heavy atom. The number of aromatic nitrogens is 3. The van der Waals surface area contributed by atoms with Crippen LogP contribution in [0.5, 0.6) is 0 Å². The molecule has 2 heterocycles. The molecule has 0 atom stereocenters. The van der Waals surface area contributed by atoms with E-state index < -0.39 is 0 Å². The zero-order chi connectivity index (χ0) is 14.2. The first kappa shape index (κ1) is 13.9. The van der Waals surface area contributed by atoms with Crippen molar-refractivity contribution >= 4 is 33.2 Å². The lowest BCUT2D eigenvalue weighted by molar-refractivity contribution is 0.380. The van der Waals surface area contributed by atoms with Crippen LogP contribution in [0.25, 0.3) is 4.96 Å². The maximum Gasteiger partial charge on any atom is 0.275 e. The summed E-state index contributed by atoms with van der Waals surface area (Å²) in [6, 6.07) is 1.56. The van der Waals surface area contributed by atoms with Crippen LogP contribution < -0.4 is 10.9 Å². The van der Waals surface area contributed by atoms with E-state index in [1.165, 1.54) is 35.1 Å². The first-order valence-corrected chi connectivity index (χ1v) is 8.89. The number of rotatable bonds is 5. The van der Waals surface area contributed by atoms with E-state index in [1.54, 1.807) is 6.07 Å². The zero-order valence-electron chi connectivity index (χ0n) is 11.7. The largest absolute Gasteiger partial charge is 0.359 e. The normalized spacial score (nSPS) is 17.1. The Morgan fingerprint density at radius 3 is 2.95 bits per heavy atom. The molecular formula is C13H18N4OS2. The number of hydrogen-bond acceptors (Lipinski definition) is 6. The van der Waals surface area contributed by atoms with Crippen molar-refractivity contribution in [3.63, 3.8) is 0 Å². The fraction of sp³-hybridized carbons (Fsp3) is 0.615. The van der Waals surface area contributed by atoms with Gasteiger partial charge in [0.1, 0.15) is 0 Å². The van der Waals surface area contributed by atoms with Gasteiger partial charge >= 0.3 is 0 Å². The van der Waals surface area contributed by atoms with E-state index in [0.717, 1.165) is 23.8 Å². The van der Waals surface area contributed by atoms with Gasteiger partial charge in [-0.15, -0.1) is 5.10 Å². The molecule has 0 radical (unpaired) electrons. The van der Waals surface area contributed by atoms with Gasteiger partial charge in [-0.25, -0.2) is 4.98 Å². The van der Waals surface area contributed by atoms with Crippen LogP contribution in [0, 0.1) is 0 Å². The van der Waals surface area contributed by atoms with E-state index >= 15 is 0 Å². The van der Waals surface area contributed by atoms with Gasteiger partial charge in [0.25, 0.3) is 5.56 Å². The molecule has 3 rings (SSSR count). The highest BCUT2D eigenvalue weighted by molar-refractivity contribution is 8.00. The predicted molar refractivity (Wildman–Crippen MR) is 85.1 cm³/mol. The van der Waals surface area contributed by atoms with Crippen molar-refractivity contribution < 1.29 is 0 Å². The van der Waals surface area contributed by atoms with Crippen molar-refractivity contribution in [2.75, 3.05) is 18.1 Å². The van der Waals surface area contributed by atoms with Crippen molar-refractivity contribution in [2.45, 2.75) is 37.4 Å². The molecule has 0 unspecified atom stereocenters. The van der Waals surface area contributed by atoms with E-state index in [4.69, 9.17) is 0 Å². The van der Waals surface area contributed by atoms with Crippen LogP contribution in [-0.4, -0.2) is 32.1 Å². The summed E-state index contributed by atoms with van der Waals surface area (Å²) in [5, 5.41) is 8.48. The number of nitrogens with zero attached hydrogens (tertiary/aromatic N) is 3. The minimum absolute atomic E-state index is 0.0978. The second-order valence-corrected chi connectivity index (χ2v) is 7.37. The molecule has 2 aromatic heterocycles. The Balaban J connectivity index is 1.82. The first-order valence-electron chi connectivity index (χ1n) is 6.85. The van der Waals surface area contributed by atoms with Gasteiger partial charge in [-0.05, 0) is 25.5 Å². The Hall–Kier alpha value is -1.08. The molecule has 7 heteroatoms. The maximum absolute atomic E-state index is 11.9. The third kappa shape index (κ3) is 2.44. The quantitative estimate of drug-likeness (QED) is 0.919. The summed E-state index contributed by atoms with van der Waals surface area (Å²) in [5.41, 5.74) is 0.726. The minimum atomic E-state index is -0.0978. The molecule has 20 heavy (non-hydrogen) atoms. The van der Waals surface area contributed by atoms with Gasteiger partial charge in [-0.3, -0.25) is 4.79 Å². The number of anilines is 1. The summed E-state index contributed by atoms with van der Waals surface area (Å²) >= 11 is 3.37. The van der Waals surface area contributed by atoms with Crippen molar-refractivity contribution in [3.05, 3.63) is 22.1 Å². The molecule has 0 amide bonds. The van der Waals surface area contributed by atoms with Gasteiger partial charge in [-0.2, -0.15) is 16.3 Å². The average Bonchev–Trinajstić information content (AvgIpc) is 2.81. The average molecular weight is 310 g/mol. The molecule has 1 N–H and O–H groups in total. The van der Waals surface area contributed by atoms with Gasteiger partial charge in [0.2, 0.25) is 10.1 Å². The molecule has 0 saturated heterocycles. The zero-order valence-corrected chi connectivity index (χ0v) is 13.3. The van der Waals surface area contributed by atoms with Crippen molar-refractivity contribution in [1.29, 1.82) is 0 Å². The maximum atomic E-state index is 11.9. The molecule has 0 aromatic carbocycles. The molecule has 5 nitrogen and oxygen atoms in total. The fourth-order valence-electron chi connectivity index (χ4n) is 2.37. The highest BCUT2D eigenvalue weighted by Gasteiger charge is 2.36. The molecule has 0 bridgehead atoms. The first-order chi connectivity index (χ1) is 9.65. The molecule has 1 aliphatic carbocycles. The summed E-state index contributed by atoms with van der Waals surface area (Å²) in [7, 11) is 0. The Bertz CT molecular complexity index is 669. The molecule has 1 fully saturated rings. The molecule has 1 saturated carbocycles. The molecule has 1 aliphatic rings. The van der Waals surface area contributed by atoms with Gasteiger partial charge in [0.15, 0.2) is 0 Å². The smallest absolute Gasteiger partial charge is 0.275 e. The van der Waals surface area contributed by atoms with Gasteiger partial charge in [0, 0.05) is 23.1 Å². The van der Waals surface area contributed by atoms with E-state index in [2.05, 4.69) is 21.7 Å². The summed E-state index contributed by atoms with van der Waals surface area (Å²) < 4.78 is 1.74. The van der Waals surface area contributed by atoms with E-state index in [0.29, 0.717) is 9.71 Å². The van der Waals surface area contributed by atoms with Crippen LogP contribution in [0.15, 0.2) is 10.9 Å². The third-order valence-electron chi connectivity index (χ3n) is 3.92. The third-order valence-corrected chi connectivity index (χ3v) is 6.20. The van der Waals surface area contributed by atoms with Crippen LogP contribution in [0.1, 0.15) is 31.9 Å². The number of hydrogen-bond donors (Lipinski definition) is 1. The van der Waals surface area contributed by atoms with Gasteiger partial charge in [0.05, 0.1) is 0 Å². The lowest BCUT2D eigenvalue weighted by Crippen LogP contribution is -2.40. The number of aryl methyl sites for hydroxylation is 1. The monoisotopic (exact) mass is 310 g/mol. The van der Waals surface area contributed by atoms with Crippen LogP contribution in [-0.2, 0) is 6.42 Å². The fourth-order valence-corrected chi connectivity index (χ4v) is 4.10. The topological polar surface area (TPSA) is 59.3 Å². The lowest BCUT2D eigenvalue weighted by Gasteiger charge is -2.40. The number of fused-ring (bicyclic) bond motifs is 1. The molecule has 108 valence electrons. The van der Waals surface area contributed by atoms with Gasteiger partial charge < -0.3 is 5.32 Å². The van der Waals surface area contributed by atoms with Crippen LogP contribution in [0.4, 0.5) is 5.13 Å². The molecule has 2 aromatic rings. The number of nitrogens with one attached hydrogen (secondary N) is 1. The number of thioether (sulfide) groups is 1. The Morgan fingerprint density at radius 1 is 1.55 bits per heavy atom. The Labute approximate surface area is 125 Å². The van der Waals surface area contributed by atoms with Crippen LogP contribution in [0.3, 0.4) is 0 Å². The minimum Gasteiger partial charge on any atom is -0.359 e. The Kier molecular flexibility index (Phi) is 3.72. The highest BCUT2D eigenvalue weighted by atomic mass is 32.2. The summed E-state index contributed by atoms with van der Waals surface area (Å²) in [6.07, 6.45) is 6.75. The summed E-state index contributed by atoms with van der Waals surface area (Å²) in [5.74, 6) is 0. The standard InChI is InChI=1S/C13H18N4OS2/c1-3-9-7-10(18)17-12(15-9)20-11(16-17)14-8-13(19-2)5-4-6-13/h7H,3-6,8H2,1-2H3,(H,14,16). The van der Waals surface area contributed by atoms with Crippen molar-refractivity contribution in [3.8, 4) is 0 Å².